The maximum atomic E-state index is 11.9. The molecule has 0 saturated carbocycles. The summed E-state index contributed by atoms with van der Waals surface area (Å²) in [5.74, 6) is -0.137. The molecular weight excluding hydrogens is 258 g/mol. The highest BCUT2D eigenvalue weighted by Gasteiger charge is 2.16. The lowest BCUT2D eigenvalue weighted by Gasteiger charge is -2.17. The van der Waals surface area contributed by atoms with Gasteiger partial charge in [0.05, 0.1) is 7.11 Å². The lowest BCUT2D eigenvalue weighted by atomic mass is 10.1. The minimum Gasteiger partial charge on any atom is -0.496 e. The normalized spacial score (nSPS) is 11.8. The minimum absolute atomic E-state index is 0.0347. The van der Waals surface area contributed by atoms with Gasteiger partial charge in [0, 0.05) is 6.04 Å². The predicted molar refractivity (Wildman–Crippen MR) is 75.7 cm³/mol. The maximum absolute atomic E-state index is 11.9. The van der Waals surface area contributed by atoms with Gasteiger partial charge in [-0.3, -0.25) is 4.79 Å². The van der Waals surface area contributed by atoms with Crippen molar-refractivity contribution in [2.45, 2.75) is 26.8 Å². The SMILES string of the molecule is COc1ccccc1C(=O)OCC(=O)N[C@H](C)C(C)C. The molecule has 110 valence electrons. The largest absolute Gasteiger partial charge is 0.496 e. The molecular formula is C15H21NO4. The van der Waals surface area contributed by atoms with Gasteiger partial charge in [0.1, 0.15) is 11.3 Å². The van der Waals surface area contributed by atoms with E-state index in [2.05, 4.69) is 5.32 Å². The van der Waals surface area contributed by atoms with E-state index in [0.717, 1.165) is 0 Å². The van der Waals surface area contributed by atoms with Crippen LogP contribution in [0.15, 0.2) is 24.3 Å². The van der Waals surface area contributed by atoms with Gasteiger partial charge in [0.15, 0.2) is 6.61 Å². The Bertz CT molecular complexity index is 471. The number of amides is 1. The number of methoxy groups -OCH3 is 1. The van der Waals surface area contributed by atoms with Crippen molar-refractivity contribution in [3.05, 3.63) is 29.8 Å². The molecule has 0 aliphatic heterocycles. The molecule has 1 aromatic rings. The van der Waals surface area contributed by atoms with Crippen molar-refractivity contribution in [3.8, 4) is 5.75 Å². The fourth-order valence-corrected chi connectivity index (χ4v) is 1.48. The zero-order valence-corrected chi connectivity index (χ0v) is 12.3. The molecule has 0 spiro atoms. The molecule has 0 aliphatic rings. The molecule has 5 heteroatoms. The second kappa shape index (κ2) is 7.53. The number of benzene rings is 1. The third-order valence-electron chi connectivity index (χ3n) is 3.05. The number of ether oxygens (including phenoxy) is 2. The molecule has 0 heterocycles. The van der Waals surface area contributed by atoms with Gasteiger partial charge in [-0.15, -0.1) is 0 Å². The highest BCUT2D eigenvalue weighted by Crippen LogP contribution is 2.17. The fraction of sp³-hybridized carbons (Fsp3) is 0.467. The van der Waals surface area contributed by atoms with Crippen LogP contribution in [0.5, 0.6) is 5.75 Å². The molecule has 0 aliphatic carbocycles. The van der Waals surface area contributed by atoms with Crippen LogP contribution < -0.4 is 10.1 Å². The fourth-order valence-electron chi connectivity index (χ4n) is 1.48. The van der Waals surface area contributed by atoms with Crippen molar-refractivity contribution in [1.29, 1.82) is 0 Å². The second-order valence-electron chi connectivity index (χ2n) is 4.88. The van der Waals surface area contributed by atoms with Gasteiger partial charge in [0.25, 0.3) is 5.91 Å². The van der Waals surface area contributed by atoms with Crippen LogP contribution in [0.3, 0.4) is 0 Å². The molecule has 0 bridgehead atoms. The van der Waals surface area contributed by atoms with Crippen molar-refractivity contribution in [1.82, 2.24) is 5.32 Å². The Balaban J connectivity index is 2.53. The zero-order valence-electron chi connectivity index (χ0n) is 12.3. The van der Waals surface area contributed by atoms with Crippen molar-refractivity contribution < 1.29 is 19.1 Å². The zero-order chi connectivity index (χ0) is 15.1. The first-order valence-corrected chi connectivity index (χ1v) is 6.55. The van der Waals surface area contributed by atoms with E-state index in [1.54, 1.807) is 24.3 Å². The summed E-state index contributed by atoms with van der Waals surface area (Å²) in [4.78, 5) is 23.5. The van der Waals surface area contributed by atoms with E-state index in [1.165, 1.54) is 7.11 Å². The van der Waals surface area contributed by atoms with Gasteiger partial charge >= 0.3 is 5.97 Å². The average Bonchev–Trinajstić information content (AvgIpc) is 2.44. The molecule has 0 fully saturated rings. The number of hydrogen-bond acceptors (Lipinski definition) is 4. The number of esters is 1. The summed E-state index contributed by atoms with van der Waals surface area (Å²) in [6.07, 6.45) is 0. The van der Waals surface area contributed by atoms with Crippen LogP contribution in [0.2, 0.25) is 0 Å². The van der Waals surface area contributed by atoms with E-state index in [-0.39, 0.29) is 18.6 Å². The molecule has 1 aromatic carbocycles. The Hall–Kier alpha value is -2.04. The van der Waals surface area contributed by atoms with E-state index in [4.69, 9.17) is 9.47 Å². The van der Waals surface area contributed by atoms with Crippen molar-refractivity contribution in [2.24, 2.45) is 5.92 Å². The Labute approximate surface area is 119 Å². The van der Waals surface area contributed by atoms with Crippen LogP contribution >= 0.6 is 0 Å². The van der Waals surface area contributed by atoms with Gasteiger partial charge in [0.2, 0.25) is 0 Å². The minimum atomic E-state index is -0.574. The van der Waals surface area contributed by atoms with Crippen LogP contribution in [-0.2, 0) is 9.53 Å². The molecule has 1 amide bonds. The lowest BCUT2D eigenvalue weighted by molar-refractivity contribution is -0.125. The van der Waals surface area contributed by atoms with Crippen LogP contribution in [0.4, 0.5) is 0 Å². The van der Waals surface area contributed by atoms with Gasteiger partial charge in [-0.25, -0.2) is 4.79 Å². The molecule has 1 N–H and O–H groups in total. The Morgan fingerprint density at radius 1 is 1.20 bits per heavy atom. The van der Waals surface area contributed by atoms with E-state index in [0.29, 0.717) is 17.2 Å². The maximum Gasteiger partial charge on any atom is 0.342 e. The Kier molecular flexibility index (Phi) is 6.03. The average molecular weight is 279 g/mol. The number of rotatable bonds is 6. The summed E-state index contributed by atoms with van der Waals surface area (Å²) < 4.78 is 10.0. The number of hydrogen-bond donors (Lipinski definition) is 1. The molecule has 0 unspecified atom stereocenters. The highest BCUT2D eigenvalue weighted by atomic mass is 16.5. The Morgan fingerprint density at radius 3 is 2.45 bits per heavy atom. The van der Waals surface area contributed by atoms with E-state index < -0.39 is 5.97 Å². The van der Waals surface area contributed by atoms with Gasteiger partial charge in [-0.05, 0) is 25.0 Å². The number of para-hydroxylation sites is 1. The third-order valence-corrected chi connectivity index (χ3v) is 3.05. The molecule has 5 nitrogen and oxygen atoms in total. The number of carbonyl (C=O) groups is 2. The van der Waals surface area contributed by atoms with Crippen LogP contribution in [0.1, 0.15) is 31.1 Å². The number of nitrogens with one attached hydrogen (secondary N) is 1. The molecule has 0 aromatic heterocycles. The summed E-state index contributed by atoms with van der Waals surface area (Å²) in [7, 11) is 1.48. The smallest absolute Gasteiger partial charge is 0.342 e. The topological polar surface area (TPSA) is 64.6 Å². The number of carbonyl (C=O) groups excluding carboxylic acids is 2. The van der Waals surface area contributed by atoms with Crippen molar-refractivity contribution >= 4 is 11.9 Å². The Morgan fingerprint density at radius 2 is 1.85 bits per heavy atom. The summed E-state index contributed by atoms with van der Waals surface area (Å²) >= 11 is 0. The van der Waals surface area contributed by atoms with E-state index in [9.17, 15) is 9.59 Å². The van der Waals surface area contributed by atoms with Crippen LogP contribution in [-0.4, -0.2) is 31.6 Å². The van der Waals surface area contributed by atoms with E-state index in [1.807, 2.05) is 20.8 Å². The molecule has 20 heavy (non-hydrogen) atoms. The first-order chi connectivity index (χ1) is 9.45. The third kappa shape index (κ3) is 4.57. The second-order valence-corrected chi connectivity index (χ2v) is 4.88. The van der Waals surface area contributed by atoms with Gasteiger partial charge < -0.3 is 14.8 Å². The van der Waals surface area contributed by atoms with Crippen LogP contribution in [0.25, 0.3) is 0 Å². The van der Waals surface area contributed by atoms with Gasteiger partial charge in [-0.2, -0.15) is 0 Å². The first-order valence-electron chi connectivity index (χ1n) is 6.55. The summed E-state index contributed by atoms with van der Waals surface area (Å²) in [5.41, 5.74) is 0.305. The van der Waals surface area contributed by atoms with Crippen molar-refractivity contribution in [3.63, 3.8) is 0 Å². The first kappa shape index (κ1) is 16.0. The summed E-state index contributed by atoms with van der Waals surface area (Å²) in [6, 6.07) is 6.76. The monoisotopic (exact) mass is 279 g/mol. The van der Waals surface area contributed by atoms with Crippen molar-refractivity contribution in [2.75, 3.05) is 13.7 Å². The quantitative estimate of drug-likeness (QED) is 0.809. The highest BCUT2D eigenvalue weighted by molar-refractivity contribution is 5.93. The van der Waals surface area contributed by atoms with Crippen LogP contribution in [0, 0.1) is 5.92 Å². The molecule has 1 atom stereocenters. The molecule has 0 saturated heterocycles. The lowest BCUT2D eigenvalue weighted by Crippen LogP contribution is -2.38. The predicted octanol–water partition coefficient (Wildman–Crippen LogP) is 2.01. The molecule has 1 rings (SSSR count). The van der Waals surface area contributed by atoms with E-state index >= 15 is 0 Å². The van der Waals surface area contributed by atoms with Gasteiger partial charge in [-0.1, -0.05) is 26.0 Å². The molecule has 0 radical (unpaired) electrons. The summed E-state index contributed by atoms with van der Waals surface area (Å²) in [5, 5.41) is 2.77. The summed E-state index contributed by atoms with van der Waals surface area (Å²) in [6.45, 7) is 5.62. The standard InChI is InChI=1S/C15H21NO4/c1-10(2)11(3)16-14(17)9-20-15(18)12-7-5-6-8-13(12)19-4/h5-8,10-11H,9H2,1-4H3,(H,16,17)/t11-/m1/s1.